The van der Waals surface area contributed by atoms with Crippen LogP contribution in [-0.4, -0.2) is 48.9 Å². The van der Waals surface area contributed by atoms with Crippen molar-refractivity contribution in [1.29, 1.82) is 0 Å². The van der Waals surface area contributed by atoms with E-state index >= 15 is 0 Å². The number of rotatable bonds is 5. The normalized spacial score (nSPS) is 11.9. The zero-order valence-electron chi connectivity index (χ0n) is 13.3. The van der Waals surface area contributed by atoms with Gasteiger partial charge in [0.05, 0.1) is 4.90 Å². The third kappa shape index (κ3) is 3.74. The molecule has 0 fully saturated rings. The molecule has 124 valence electrons. The molecule has 0 bridgehead atoms. The number of carbonyl (C=O) groups excluding carboxylic acids is 1. The first-order valence-electron chi connectivity index (χ1n) is 6.89. The maximum Gasteiger partial charge on any atom is 0.316 e. The number of benzene rings is 1. The molecule has 0 atom stereocenters. The molecule has 0 unspecified atom stereocenters. The Morgan fingerprint density at radius 3 is 2.35 bits per heavy atom. The summed E-state index contributed by atoms with van der Waals surface area (Å²) in [5.41, 5.74) is 0.551. The number of hydrogen-bond donors (Lipinski definition) is 1. The maximum absolute atomic E-state index is 12.0. The monoisotopic (exact) mass is 338 g/mol. The van der Waals surface area contributed by atoms with E-state index in [0.717, 1.165) is 4.31 Å². The minimum absolute atomic E-state index is 0.0478. The van der Waals surface area contributed by atoms with Crippen molar-refractivity contribution >= 4 is 15.9 Å². The Morgan fingerprint density at radius 1 is 1.22 bits per heavy atom. The molecule has 0 spiro atoms. The minimum atomic E-state index is -3.49. The summed E-state index contributed by atoms with van der Waals surface area (Å²) in [6.07, 6.45) is 0. The van der Waals surface area contributed by atoms with Crippen molar-refractivity contribution in [2.45, 2.75) is 24.8 Å². The molecule has 0 saturated heterocycles. The molecule has 2 rings (SSSR count). The maximum atomic E-state index is 12.0. The highest BCUT2D eigenvalue weighted by molar-refractivity contribution is 7.89. The molecule has 1 aromatic carbocycles. The van der Waals surface area contributed by atoms with E-state index in [1.54, 1.807) is 12.1 Å². The summed E-state index contributed by atoms with van der Waals surface area (Å²) in [5.74, 6) is -0.378. The first-order valence-corrected chi connectivity index (χ1v) is 8.33. The van der Waals surface area contributed by atoms with Gasteiger partial charge in [0.2, 0.25) is 15.8 Å². The molecule has 0 saturated carbocycles. The predicted molar refractivity (Wildman–Crippen MR) is 83.2 cm³/mol. The number of aromatic nitrogens is 2. The van der Waals surface area contributed by atoms with Gasteiger partial charge in [0.25, 0.3) is 0 Å². The lowest BCUT2D eigenvalue weighted by Gasteiger charge is -2.11. The smallest absolute Gasteiger partial charge is 0.316 e. The Kier molecular flexibility index (Phi) is 4.81. The molecule has 0 radical (unpaired) electrons. The summed E-state index contributed by atoms with van der Waals surface area (Å²) >= 11 is 0. The van der Waals surface area contributed by atoms with Crippen LogP contribution < -0.4 is 5.32 Å². The molecule has 1 amide bonds. The van der Waals surface area contributed by atoms with E-state index in [2.05, 4.69) is 15.5 Å². The highest BCUT2D eigenvalue weighted by Crippen LogP contribution is 2.20. The molecule has 1 heterocycles. The Hall–Kier alpha value is -2.26. The van der Waals surface area contributed by atoms with Gasteiger partial charge in [-0.05, 0) is 38.1 Å². The summed E-state index contributed by atoms with van der Waals surface area (Å²) in [4.78, 5) is 15.9. The van der Waals surface area contributed by atoms with E-state index < -0.39 is 15.9 Å². The van der Waals surface area contributed by atoms with E-state index in [1.807, 2.05) is 13.8 Å². The average molecular weight is 338 g/mol. The van der Waals surface area contributed by atoms with Gasteiger partial charge in [0, 0.05) is 25.7 Å². The van der Waals surface area contributed by atoms with Crippen LogP contribution in [0.1, 0.15) is 24.5 Å². The van der Waals surface area contributed by atoms with Gasteiger partial charge in [-0.15, -0.1) is 0 Å². The average Bonchev–Trinajstić information content (AvgIpc) is 2.96. The number of carbonyl (C=O) groups is 1. The van der Waals surface area contributed by atoms with Gasteiger partial charge in [-0.3, -0.25) is 4.79 Å². The van der Waals surface area contributed by atoms with Crippen LogP contribution in [0.4, 0.5) is 0 Å². The van der Waals surface area contributed by atoms with E-state index in [9.17, 15) is 13.2 Å². The third-order valence-corrected chi connectivity index (χ3v) is 4.76. The minimum Gasteiger partial charge on any atom is -0.346 e. The van der Waals surface area contributed by atoms with Crippen LogP contribution in [0.5, 0.6) is 0 Å². The highest BCUT2D eigenvalue weighted by Gasteiger charge is 2.19. The van der Waals surface area contributed by atoms with Crippen molar-refractivity contribution in [3.8, 4) is 11.4 Å². The van der Waals surface area contributed by atoms with Crippen molar-refractivity contribution in [2.75, 3.05) is 14.1 Å². The topological polar surface area (TPSA) is 105 Å². The Balaban J connectivity index is 2.24. The molecule has 0 aliphatic heterocycles. The van der Waals surface area contributed by atoms with Gasteiger partial charge in [-0.1, -0.05) is 5.16 Å². The van der Waals surface area contributed by atoms with Crippen LogP contribution in [-0.2, 0) is 10.0 Å². The fraction of sp³-hybridized carbons (Fsp3) is 0.357. The van der Waals surface area contributed by atoms with E-state index in [-0.39, 0.29) is 22.7 Å². The Bertz CT molecular complexity index is 794. The van der Waals surface area contributed by atoms with Gasteiger partial charge in [-0.25, -0.2) is 12.7 Å². The van der Waals surface area contributed by atoms with Gasteiger partial charge in [-0.2, -0.15) is 4.98 Å². The molecule has 1 aromatic heterocycles. The standard InChI is InChI=1S/C14H18N4O4S/c1-9(2)15-13(19)14-16-12(17-22-14)10-5-7-11(8-6-10)23(20,21)18(3)4/h5-9H,1-4H3,(H,15,19). The molecule has 2 aromatic rings. The van der Waals surface area contributed by atoms with Crippen molar-refractivity contribution in [2.24, 2.45) is 0 Å². The Morgan fingerprint density at radius 2 is 1.83 bits per heavy atom. The van der Waals surface area contributed by atoms with Crippen LogP contribution in [0, 0.1) is 0 Å². The van der Waals surface area contributed by atoms with Gasteiger partial charge >= 0.3 is 11.8 Å². The highest BCUT2D eigenvalue weighted by atomic mass is 32.2. The largest absolute Gasteiger partial charge is 0.346 e. The van der Waals surface area contributed by atoms with Crippen LogP contribution in [0.25, 0.3) is 11.4 Å². The molecule has 1 N–H and O–H groups in total. The van der Waals surface area contributed by atoms with Crippen molar-refractivity contribution in [1.82, 2.24) is 19.8 Å². The molecule has 0 aliphatic carbocycles. The number of nitrogens with one attached hydrogen (secondary N) is 1. The predicted octanol–water partition coefficient (Wildman–Crippen LogP) is 1.13. The van der Waals surface area contributed by atoms with Crippen LogP contribution >= 0.6 is 0 Å². The number of sulfonamides is 1. The molecule has 0 aliphatic rings. The quantitative estimate of drug-likeness (QED) is 0.876. The van der Waals surface area contributed by atoms with Crippen LogP contribution in [0.2, 0.25) is 0 Å². The summed E-state index contributed by atoms with van der Waals surface area (Å²) in [6.45, 7) is 3.64. The second kappa shape index (κ2) is 6.47. The summed E-state index contributed by atoms with van der Waals surface area (Å²) in [7, 11) is -0.572. The van der Waals surface area contributed by atoms with Gasteiger partial charge in [0.1, 0.15) is 0 Å². The molecular formula is C14H18N4O4S. The van der Waals surface area contributed by atoms with E-state index in [4.69, 9.17) is 4.52 Å². The number of hydrogen-bond acceptors (Lipinski definition) is 6. The zero-order chi connectivity index (χ0) is 17.2. The fourth-order valence-corrected chi connectivity index (χ4v) is 2.65. The molecule has 23 heavy (non-hydrogen) atoms. The third-order valence-electron chi connectivity index (χ3n) is 2.93. The first kappa shape index (κ1) is 17.1. The first-order chi connectivity index (χ1) is 10.7. The van der Waals surface area contributed by atoms with Crippen molar-refractivity contribution < 1.29 is 17.7 Å². The number of nitrogens with zero attached hydrogens (tertiary/aromatic N) is 3. The Labute approximate surface area is 134 Å². The summed E-state index contributed by atoms with van der Waals surface area (Å²) in [6, 6.07) is 5.98. The summed E-state index contributed by atoms with van der Waals surface area (Å²) < 4.78 is 30.0. The van der Waals surface area contributed by atoms with E-state index in [1.165, 1.54) is 26.2 Å². The van der Waals surface area contributed by atoms with Crippen molar-refractivity contribution in [3.63, 3.8) is 0 Å². The van der Waals surface area contributed by atoms with Crippen LogP contribution in [0.15, 0.2) is 33.7 Å². The van der Waals surface area contributed by atoms with Gasteiger partial charge in [0.15, 0.2) is 0 Å². The molecular weight excluding hydrogens is 320 g/mol. The fourth-order valence-electron chi connectivity index (χ4n) is 1.74. The lowest BCUT2D eigenvalue weighted by molar-refractivity contribution is 0.0899. The molecule has 8 nitrogen and oxygen atoms in total. The second-order valence-corrected chi connectivity index (χ2v) is 7.51. The lowest BCUT2D eigenvalue weighted by atomic mass is 10.2. The lowest BCUT2D eigenvalue weighted by Crippen LogP contribution is -2.30. The second-order valence-electron chi connectivity index (χ2n) is 5.36. The SMILES string of the molecule is CC(C)NC(=O)c1nc(-c2ccc(S(=O)(=O)N(C)C)cc2)no1. The zero-order valence-corrected chi connectivity index (χ0v) is 14.1. The van der Waals surface area contributed by atoms with Crippen molar-refractivity contribution in [3.05, 3.63) is 30.2 Å². The van der Waals surface area contributed by atoms with Gasteiger partial charge < -0.3 is 9.84 Å². The van der Waals surface area contributed by atoms with Crippen LogP contribution in [0.3, 0.4) is 0 Å². The number of amides is 1. The molecule has 9 heteroatoms. The summed E-state index contributed by atoms with van der Waals surface area (Å²) in [5, 5.41) is 6.38. The van der Waals surface area contributed by atoms with E-state index in [0.29, 0.717) is 5.56 Å².